The summed E-state index contributed by atoms with van der Waals surface area (Å²) in [7, 11) is -3.62. The maximum atomic E-state index is 12.3. The number of rotatable bonds is 4. The molecule has 1 heterocycles. The molecule has 0 bridgehead atoms. The summed E-state index contributed by atoms with van der Waals surface area (Å²) in [6, 6.07) is 6.58. The van der Waals surface area contributed by atoms with Gasteiger partial charge in [0.1, 0.15) is 0 Å². The first-order chi connectivity index (χ1) is 9.29. The number of nitrogens with one attached hydrogen (secondary N) is 2. The number of hydrogen-bond donors (Lipinski definition) is 2. The van der Waals surface area contributed by atoms with E-state index in [0.717, 1.165) is 15.7 Å². The number of aromatic amines is 1. The van der Waals surface area contributed by atoms with Gasteiger partial charge in [-0.2, -0.15) is 5.10 Å². The lowest BCUT2D eigenvalue weighted by Crippen LogP contribution is -2.13. The number of benzene rings is 1. The normalized spacial score (nSPS) is 11.8. The Morgan fingerprint density at radius 1 is 1.30 bits per heavy atom. The van der Waals surface area contributed by atoms with Gasteiger partial charge in [-0.25, -0.2) is 8.42 Å². The van der Waals surface area contributed by atoms with E-state index in [-0.39, 0.29) is 10.8 Å². The molecule has 1 aromatic carbocycles. The molecule has 2 aromatic rings. The van der Waals surface area contributed by atoms with Crippen molar-refractivity contribution in [3.8, 4) is 0 Å². The van der Waals surface area contributed by atoms with E-state index in [1.165, 1.54) is 0 Å². The molecule has 0 spiro atoms. The lowest BCUT2D eigenvalue weighted by molar-refractivity contribution is 0.601. The second-order valence-electron chi connectivity index (χ2n) is 4.88. The van der Waals surface area contributed by atoms with E-state index >= 15 is 0 Å². The van der Waals surface area contributed by atoms with E-state index < -0.39 is 10.0 Å². The van der Waals surface area contributed by atoms with E-state index in [9.17, 15) is 8.42 Å². The number of aryl methyl sites for hydroxylation is 1. The molecule has 0 atom stereocenters. The minimum absolute atomic E-state index is 0.215. The molecule has 0 aliphatic heterocycles. The third-order valence-corrected chi connectivity index (χ3v) is 5.14. The first kappa shape index (κ1) is 15.1. The Labute approximate surface area is 127 Å². The zero-order valence-corrected chi connectivity index (χ0v) is 13.8. The van der Waals surface area contributed by atoms with Crippen molar-refractivity contribution in [3.05, 3.63) is 40.0 Å². The Morgan fingerprint density at radius 2 is 2.00 bits per heavy atom. The van der Waals surface area contributed by atoms with Gasteiger partial charge in [-0.05, 0) is 36.6 Å². The molecule has 0 unspecified atom stereocenters. The van der Waals surface area contributed by atoms with Crippen molar-refractivity contribution in [2.24, 2.45) is 0 Å². The zero-order valence-electron chi connectivity index (χ0n) is 11.4. The van der Waals surface area contributed by atoms with Crippen LogP contribution in [0.25, 0.3) is 0 Å². The smallest absolute Gasteiger partial charge is 0.263 e. The average Bonchev–Trinajstić information content (AvgIpc) is 2.80. The minimum atomic E-state index is -3.62. The molecule has 5 nitrogen and oxygen atoms in total. The Balaban J connectivity index is 2.28. The van der Waals surface area contributed by atoms with Gasteiger partial charge < -0.3 is 0 Å². The quantitative estimate of drug-likeness (QED) is 0.880. The van der Waals surface area contributed by atoms with Crippen LogP contribution in [-0.4, -0.2) is 18.6 Å². The summed E-state index contributed by atoms with van der Waals surface area (Å²) in [4.78, 5) is 0.215. The molecule has 20 heavy (non-hydrogen) atoms. The fourth-order valence-corrected chi connectivity index (χ4v) is 2.99. The molecule has 0 fully saturated rings. The second-order valence-corrected chi connectivity index (χ2v) is 7.42. The molecule has 2 rings (SSSR count). The van der Waals surface area contributed by atoms with E-state index in [1.54, 1.807) is 24.3 Å². The summed E-state index contributed by atoms with van der Waals surface area (Å²) in [6.07, 6.45) is 0. The van der Waals surface area contributed by atoms with Crippen LogP contribution >= 0.6 is 15.9 Å². The molecule has 0 amide bonds. The van der Waals surface area contributed by atoms with Gasteiger partial charge in [-0.1, -0.05) is 29.8 Å². The van der Waals surface area contributed by atoms with Crippen LogP contribution in [0.2, 0.25) is 0 Å². The Morgan fingerprint density at radius 3 is 2.55 bits per heavy atom. The lowest BCUT2D eigenvalue weighted by atomic mass is 10.1. The van der Waals surface area contributed by atoms with E-state index in [2.05, 4.69) is 30.8 Å². The van der Waals surface area contributed by atoms with Crippen LogP contribution in [0.15, 0.2) is 33.6 Å². The van der Waals surface area contributed by atoms with Crippen LogP contribution in [0, 0.1) is 6.92 Å². The predicted molar refractivity (Wildman–Crippen MR) is 82.4 cm³/mol. The number of hydrogen-bond acceptors (Lipinski definition) is 3. The molecular weight excluding hydrogens is 342 g/mol. The monoisotopic (exact) mass is 357 g/mol. The van der Waals surface area contributed by atoms with Gasteiger partial charge in [0, 0.05) is 16.2 Å². The van der Waals surface area contributed by atoms with Crippen LogP contribution in [-0.2, 0) is 10.0 Å². The molecule has 1 aromatic heterocycles. The summed E-state index contributed by atoms with van der Waals surface area (Å²) in [5, 5.41) is 6.78. The fourth-order valence-electron chi connectivity index (χ4n) is 1.67. The topological polar surface area (TPSA) is 74.8 Å². The lowest BCUT2D eigenvalue weighted by Gasteiger charge is -2.07. The van der Waals surface area contributed by atoms with Crippen LogP contribution < -0.4 is 4.72 Å². The van der Waals surface area contributed by atoms with Crippen LogP contribution in [0.5, 0.6) is 0 Å². The maximum Gasteiger partial charge on any atom is 0.263 e. The van der Waals surface area contributed by atoms with Crippen LogP contribution in [0.1, 0.15) is 31.0 Å². The fraction of sp³-hybridized carbons (Fsp3) is 0.308. The largest absolute Gasteiger partial charge is 0.280 e. The Hall–Kier alpha value is -1.34. The standard InChI is InChI=1S/C13H16BrN3O2S/c1-8(2)12-7-13(16-15-12)17-20(18,19)10-4-5-11(14)9(3)6-10/h4-8H,1-3H3,(H2,15,16,17). The molecule has 0 aliphatic carbocycles. The van der Waals surface area contributed by atoms with Crippen molar-refractivity contribution in [3.63, 3.8) is 0 Å². The highest BCUT2D eigenvalue weighted by Gasteiger charge is 2.17. The predicted octanol–water partition coefficient (Wildman–Crippen LogP) is 3.40. The Kier molecular flexibility index (Phi) is 4.19. The van der Waals surface area contributed by atoms with Crippen molar-refractivity contribution in [1.82, 2.24) is 10.2 Å². The van der Waals surface area contributed by atoms with Gasteiger partial charge in [0.25, 0.3) is 10.0 Å². The number of halogens is 1. The van der Waals surface area contributed by atoms with E-state index in [1.807, 2.05) is 20.8 Å². The van der Waals surface area contributed by atoms with Crippen molar-refractivity contribution in [1.29, 1.82) is 0 Å². The molecule has 7 heteroatoms. The van der Waals surface area contributed by atoms with Gasteiger partial charge in [-0.15, -0.1) is 0 Å². The molecule has 0 aliphatic rings. The third kappa shape index (κ3) is 3.21. The van der Waals surface area contributed by atoms with Crippen molar-refractivity contribution in [2.75, 3.05) is 4.72 Å². The zero-order chi connectivity index (χ0) is 14.9. The van der Waals surface area contributed by atoms with E-state index in [4.69, 9.17) is 0 Å². The maximum absolute atomic E-state index is 12.3. The summed E-state index contributed by atoms with van der Waals surface area (Å²) in [6.45, 7) is 5.85. The SMILES string of the molecule is Cc1cc(S(=O)(=O)Nc2cc(C(C)C)[nH]n2)ccc1Br. The number of nitrogens with zero attached hydrogens (tertiary/aromatic N) is 1. The molecular formula is C13H16BrN3O2S. The van der Waals surface area contributed by atoms with Gasteiger partial charge in [0.2, 0.25) is 0 Å². The average molecular weight is 358 g/mol. The number of H-pyrrole nitrogens is 1. The van der Waals surface area contributed by atoms with Crippen molar-refractivity contribution in [2.45, 2.75) is 31.6 Å². The molecule has 0 radical (unpaired) electrons. The van der Waals surface area contributed by atoms with Crippen molar-refractivity contribution < 1.29 is 8.42 Å². The summed E-state index contributed by atoms with van der Waals surface area (Å²) in [5.41, 5.74) is 1.74. The first-order valence-corrected chi connectivity index (χ1v) is 8.41. The number of anilines is 1. The number of aromatic nitrogens is 2. The van der Waals surface area contributed by atoms with Gasteiger partial charge in [0.05, 0.1) is 4.90 Å². The highest BCUT2D eigenvalue weighted by atomic mass is 79.9. The summed E-state index contributed by atoms with van der Waals surface area (Å²) in [5.74, 6) is 0.560. The van der Waals surface area contributed by atoms with Crippen LogP contribution in [0.3, 0.4) is 0 Å². The van der Waals surface area contributed by atoms with E-state index in [0.29, 0.717) is 5.82 Å². The summed E-state index contributed by atoms with van der Waals surface area (Å²) >= 11 is 3.35. The molecule has 2 N–H and O–H groups in total. The van der Waals surface area contributed by atoms with Crippen molar-refractivity contribution >= 4 is 31.8 Å². The highest BCUT2D eigenvalue weighted by molar-refractivity contribution is 9.10. The molecule has 0 saturated carbocycles. The van der Waals surface area contributed by atoms with Gasteiger partial charge in [-0.3, -0.25) is 9.82 Å². The second kappa shape index (κ2) is 5.57. The first-order valence-electron chi connectivity index (χ1n) is 6.14. The van der Waals surface area contributed by atoms with Gasteiger partial charge in [0.15, 0.2) is 5.82 Å². The minimum Gasteiger partial charge on any atom is -0.280 e. The van der Waals surface area contributed by atoms with Gasteiger partial charge >= 0.3 is 0 Å². The van der Waals surface area contributed by atoms with Crippen LogP contribution in [0.4, 0.5) is 5.82 Å². The Bertz CT molecular complexity index is 723. The highest BCUT2D eigenvalue weighted by Crippen LogP contribution is 2.22. The summed E-state index contributed by atoms with van der Waals surface area (Å²) < 4.78 is 27.9. The molecule has 0 saturated heterocycles. The number of sulfonamides is 1. The third-order valence-electron chi connectivity index (χ3n) is 2.90. The molecule has 108 valence electrons.